The third kappa shape index (κ3) is 2.90. The number of benzene rings is 1. The Morgan fingerprint density at radius 1 is 1.37 bits per heavy atom. The lowest BCUT2D eigenvalue weighted by atomic mass is 9.86. The summed E-state index contributed by atoms with van der Waals surface area (Å²) < 4.78 is 0. The van der Waals surface area contributed by atoms with Gasteiger partial charge in [0, 0.05) is 23.9 Å². The second kappa shape index (κ2) is 4.99. The topological polar surface area (TPSA) is 20.3 Å². The van der Waals surface area contributed by atoms with E-state index in [0.29, 0.717) is 13.1 Å². The van der Waals surface area contributed by atoms with E-state index in [1.54, 1.807) is 11.8 Å². The van der Waals surface area contributed by atoms with Crippen LogP contribution in [-0.4, -0.2) is 27.1 Å². The van der Waals surface area contributed by atoms with Crippen LogP contribution in [0.3, 0.4) is 0 Å². The van der Waals surface area contributed by atoms with Gasteiger partial charge >= 0.3 is 0 Å². The fraction of sp³-hybridized carbons (Fsp3) is 0.533. The molecule has 2 unspecified atom stereocenters. The predicted octanol–water partition coefficient (Wildman–Crippen LogP) is 3.66. The normalized spacial score (nSPS) is 27.9. The molecule has 1 fully saturated rings. The third-order valence-electron chi connectivity index (χ3n) is 3.81. The van der Waals surface area contributed by atoms with Crippen LogP contribution in [-0.2, 0) is 11.3 Å². The van der Waals surface area contributed by atoms with Crippen molar-refractivity contribution in [2.75, 3.05) is 6.54 Å². The molecule has 4 heteroatoms. The smallest absolute Gasteiger partial charge is 0.244 e. The maximum absolute atomic E-state index is 12.4. The Labute approximate surface area is 124 Å². The zero-order valence-corrected chi connectivity index (χ0v) is 13.0. The van der Waals surface area contributed by atoms with Crippen LogP contribution in [0.25, 0.3) is 0 Å². The summed E-state index contributed by atoms with van der Waals surface area (Å²) in [7, 11) is 0. The molecule has 0 saturated carbocycles. The summed E-state index contributed by atoms with van der Waals surface area (Å²) in [4.78, 5) is 12.8. The zero-order valence-electron chi connectivity index (χ0n) is 11.5. The molecule has 1 amide bonds. The van der Waals surface area contributed by atoms with Crippen LogP contribution in [0.4, 0.5) is 0 Å². The Hall–Kier alpha value is -0.730. The molecule has 0 aliphatic carbocycles. The van der Waals surface area contributed by atoms with E-state index in [4.69, 9.17) is 23.2 Å². The van der Waals surface area contributed by atoms with E-state index in [-0.39, 0.29) is 11.8 Å². The molecule has 19 heavy (non-hydrogen) atoms. The minimum absolute atomic E-state index is 0.0308. The Bertz CT molecular complexity index is 465. The van der Waals surface area contributed by atoms with Gasteiger partial charge in [-0.05, 0) is 26.3 Å². The van der Waals surface area contributed by atoms with Crippen molar-refractivity contribution in [2.24, 2.45) is 5.92 Å². The first-order valence-corrected chi connectivity index (χ1v) is 7.19. The van der Waals surface area contributed by atoms with Gasteiger partial charge in [0.2, 0.25) is 5.91 Å². The molecule has 2 atom stereocenters. The van der Waals surface area contributed by atoms with Crippen LogP contribution in [0, 0.1) is 5.92 Å². The van der Waals surface area contributed by atoms with Crippen molar-refractivity contribution in [2.45, 2.75) is 37.1 Å². The first-order valence-electron chi connectivity index (χ1n) is 6.44. The minimum atomic E-state index is -0.917. The molecule has 1 aromatic carbocycles. The highest BCUT2D eigenvalue weighted by Crippen LogP contribution is 2.44. The van der Waals surface area contributed by atoms with Gasteiger partial charge < -0.3 is 4.90 Å². The van der Waals surface area contributed by atoms with E-state index in [2.05, 4.69) is 0 Å². The molecule has 1 saturated heterocycles. The van der Waals surface area contributed by atoms with Gasteiger partial charge in [-0.3, -0.25) is 4.79 Å². The van der Waals surface area contributed by atoms with Crippen LogP contribution < -0.4 is 0 Å². The number of likely N-dealkylation sites (tertiary alicyclic amines) is 1. The fourth-order valence-corrected chi connectivity index (χ4v) is 3.54. The largest absolute Gasteiger partial charge is 0.336 e. The number of carbonyl (C=O) groups is 1. The molecule has 2 rings (SSSR count). The highest BCUT2D eigenvalue weighted by atomic mass is 35.5. The molecule has 0 spiro atoms. The number of rotatable bonds is 3. The van der Waals surface area contributed by atoms with E-state index < -0.39 is 9.75 Å². The Morgan fingerprint density at radius 2 is 1.95 bits per heavy atom. The van der Waals surface area contributed by atoms with Gasteiger partial charge in [-0.25, -0.2) is 0 Å². The summed E-state index contributed by atoms with van der Waals surface area (Å²) >= 11 is 12.8. The van der Waals surface area contributed by atoms with Crippen LogP contribution in [0.5, 0.6) is 0 Å². The number of halogens is 2. The lowest BCUT2D eigenvalue weighted by Gasteiger charge is -2.30. The molecule has 104 valence electrons. The van der Waals surface area contributed by atoms with E-state index in [9.17, 15) is 4.79 Å². The first-order chi connectivity index (χ1) is 8.73. The quantitative estimate of drug-likeness (QED) is 0.780. The molecule has 1 heterocycles. The number of carbonyl (C=O) groups excluding carboxylic acids is 1. The molecule has 0 bridgehead atoms. The van der Waals surface area contributed by atoms with E-state index in [0.717, 1.165) is 5.56 Å². The van der Waals surface area contributed by atoms with Gasteiger partial charge in [0.25, 0.3) is 0 Å². The second-order valence-corrected chi connectivity index (χ2v) is 7.62. The molecule has 0 aromatic heterocycles. The lowest BCUT2D eigenvalue weighted by molar-refractivity contribution is -0.130. The molecule has 2 nitrogen and oxygen atoms in total. The van der Waals surface area contributed by atoms with Crippen molar-refractivity contribution in [3.63, 3.8) is 0 Å². The average molecular weight is 300 g/mol. The minimum Gasteiger partial charge on any atom is -0.336 e. The Morgan fingerprint density at radius 3 is 2.42 bits per heavy atom. The highest BCUT2D eigenvalue weighted by Gasteiger charge is 2.54. The van der Waals surface area contributed by atoms with Crippen LogP contribution in [0.15, 0.2) is 30.3 Å². The highest BCUT2D eigenvalue weighted by molar-refractivity contribution is 6.36. The summed E-state index contributed by atoms with van der Waals surface area (Å²) in [6, 6.07) is 9.93. The molecule has 0 N–H and O–H groups in total. The summed E-state index contributed by atoms with van der Waals surface area (Å²) in [6.07, 6.45) is 0. The standard InChI is InChI=1S/C15H19Cl2NO/c1-14(2,16)12-10-18(13(19)15(12,3)17)9-11-7-5-4-6-8-11/h4-8,12H,9-10H2,1-3H3. The molecular formula is C15H19Cl2NO. The number of amides is 1. The lowest BCUT2D eigenvalue weighted by Crippen LogP contribution is -2.41. The summed E-state index contributed by atoms with van der Waals surface area (Å²) in [5.74, 6) is -0.101. The van der Waals surface area contributed by atoms with Crippen LogP contribution in [0.2, 0.25) is 0 Å². The zero-order chi connectivity index (χ0) is 14.3. The predicted molar refractivity (Wildman–Crippen MR) is 79.5 cm³/mol. The van der Waals surface area contributed by atoms with Gasteiger partial charge in [-0.2, -0.15) is 0 Å². The van der Waals surface area contributed by atoms with Crippen molar-refractivity contribution < 1.29 is 4.79 Å². The van der Waals surface area contributed by atoms with E-state index >= 15 is 0 Å². The number of hydrogen-bond acceptors (Lipinski definition) is 1. The van der Waals surface area contributed by atoms with Crippen molar-refractivity contribution in [3.05, 3.63) is 35.9 Å². The summed E-state index contributed by atoms with van der Waals surface area (Å²) in [6.45, 7) is 6.80. The van der Waals surface area contributed by atoms with E-state index in [1.807, 2.05) is 44.2 Å². The SMILES string of the molecule is CC(C)(Cl)C1CN(Cc2ccccc2)C(=O)C1(C)Cl. The summed E-state index contributed by atoms with van der Waals surface area (Å²) in [5, 5.41) is 0. The van der Waals surface area contributed by atoms with Crippen molar-refractivity contribution >= 4 is 29.1 Å². The van der Waals surface area contributed by atoms with Crippen molar-refractivity contribution in [1.82, 2.24) is 4.90 Å². The molecule has 1 aliphatic heterocycles. The molecule has 0 radical (unpaired) electrons. The Kier molecular flexibility index (Phi) is 3.85. The molecular weight excluding hydrogens is 281 g/mol. The molecule has 1 aliphatic rings. The van der Waals surface area contributed by atoms with Gasteiger partial charge in [0.1, 0.15) is 4.87 Å². The number of hydrogen-bond donors (Lipinski definition) is 0. The summed E-state index contributed by atoms with van der Waals surface area (Å²) in [5.41, 5.74) is 1.11. The fourth-order valence-electron chi connectivity index (χ4n) is 2.73. The van der Waals surface area contributed by atoms with Gasteiger partial charge in [0.05, 0.1) is 0 Å². The van der Waals surface area contributed by atoms with Crippen LogP contribution >= 0.6 is 23.2 Å². The van der Waals surface area contributed by atoms with Gasteiger partial charge in [-0.15, -0.1) is 23.2 Å². The van der Waals surface area contributed by atoms with E-state index in [1.165, 1.54) is 0 Å². The monoisotopic (exact) mass is 299 g/mol. The maximum atomic E-state index is 12.4. The maximum Gasteiger partial charge on any atom is 0.244 e. The Balaban J connectivity index is 2.19. The van der Waals surface area contributed by atoms with Gasteiger partial charge in [0.15, 0.2) is 0 Å². The van der Waals surface area contributed by atoms with Gasteiger partial charge in [-0.1, -0.05) is 30.3 Å². The second-order valence-electron chi connectivity index (χ2n) is 5.86. The van der Waals surface area contributed by atoms with Crippen molar-refractivity contribution in [1.29, 1.82) is 0 Å². The number of alkyl halides is 2. The average Bonchev–Trinajstić information content (AvgIpc) is 2.54. The number of nitrogens with zero attached hydrogens (tertiary/aromatic N) is 1. The van der Waals surface area contributed by atoms with Crippen LogP contribution in [0.1, 0.15) is 26.3 Å². The third-order valence-corrected chi connectivity index (χ3v) is 4.50. The molecule has 1 aromatic rings. The van der Waals surface area contributed by atoms with Crippen molar-refractivity contribution in [3.8, 4) is 0 Å². The first kappa shape index (κ1) is 14.7.